The summed E-state index contributed by atoms with van der Waals surface area (Å²) in [5.41, 5.74) is -11.0. The largest absolute Gasteiger partial charge is 0.393 e. The highest BCUT2D eigenvalue weighted by atomic mass is 19.4. The number of nitrogens with one attached hydrogen (secondary N) is 2. The number of nitrogens with zero attached hydrogens (tertiary/aromatic N) is 4. The number of hydrogen-bond donors (Lipinski definition) is 2. The number of hydrogen-bond acceptors (Lipinski definition) is 10. The van der Waals surface area contributed by atoms with E-state index in [4.69, 9.17) is 0 Å². The van der Waals surface area contributed by atoms with E-state index >= 15 is 0 Å². The van der Waals surface area contributed by atoms with Gasteiger partial charge < -0.3 is 10.6 Å². The second-order valence-electron chi connectivity index (χ2n) is 9.66. The van der Waals surface area contributed by atoms with E-state index in [1.807, 2.05) is 0 Å². The van der Waals surface area contributed by atoms with Gasteiger partial charge in [0.1, 0.15) is 0 Å². The van der Waals surface area contributed by atoms with Crippen LogP contribution in [0.15, 0.2) is 24.3 Å². The maximum atomic E-state index is 14.5. The molecule has 2 rings (SSSR count). The van der Waals surface area contributed by atoms with Crippen molar-refractivity contribution in [3.8, 4) is 0 Å². The van der Waals surface area contributed by atoms with Gasteiger partial charge in [-0.1, -0.05) is 0 Å². The molecule has 0 atom stereocenters. The molecule has 0 radical (unpaired) electrons. The summed E-state index contributed by atoms with van der Waals surface area (Å²) in [6, 6.07) is 0.164. The van der Waals surface area contributed by atoms with Gasteiger partial charge in [-0.05, 0) is 13.8 Å². The maximum Gasteiger partial charge on any atom is 0.393 e. The average Bonchev–Trinajstić information content (AvgIpc) is 2.97. The lowest BCUT2D eigenvalue weighted by Crippen LogP contribution is -2.73. The Bertz CT molecular complexity index is 1690. The fourth-order valence-corrected chi connectivity index (χ4v) is 3.69. The molecule has 0 heterocycles. The van der Waals surface area contributed by atoms with Gasteiger partial charge in [0.15, 0.2) is 0 Å². The molecule has 50 heavy (non-hydrogen) atoms. The van der Waals surface area contributed by atoms with Crippen LogP contribution in [0, 0.1) is 54.3 Å². The van der Waals surface area contributed by atoms with E-state index < -0.39 is 112 Å². The lowest BCUT2D eigenvalue weighted by molar-refractivity contribution is -0.414. The zero-order valence-electron chi connectivity index (χ0n) is 23.7. The molecule has 16 nitrogen and oxygen atoms in total. The smallest absolute Gasteiger partial charge is 0.320 e. The van der Waals surface area contributed by atoms with Crippen molar-refractivity contribution in [1.29, 1.82) is 0 Å². The predicted molar refractivity (Wildman–Crippen MR) is 136 cm³/mol. The van der Waals surface area contributed by atoms with Crippen LogP contribution in [0.4, 0.5) is 86.8 Å². The number of carbonyl (C=O) groups excluding carboxylic acids is 2. The van der Waals surface area contributed by atoms with Crippen molar-refractivity contribution in [3.05, 3.63) is 75.8 Å². The van der Waals surface area contributed by atoms with Crippen LogP contribution in [0.5, 0.6) is 0 Å². The summed E-state index contributed by atoms with van der Waals surface area (Å²) in [6.07, 6.45) is 0. The molecule has 0 bridgehead atoms. The van der Waals surface area contributed by atoms with Crippen LogP contribution in [-0.2, 0) is 9.59 Å². The minimum atomic E-state index is -8.45. The van der Waals surface area contributed by atoms with Gasteiger partial charge in [-0.15, -0.1) is 0 Å². The van der Waals surface area contributed by atoms with Gasteiger partial charge in [0.2, 0.25) is 0 Å². The SMILES string of the molecule is Cc1c(NC(=O)C(F)(F)C(F)(F)C(F)(F)C(F)(F)C(F)(F)C(F)(F)C(=O)Nc2cc([N+](=O)[O-])cc([N+](=O)[O-])c2C)cc([N+](=O)[O-])cc1[N+](=O)[O-]. The third kappa shape index (κ3) is 6.21. The van der Waals surface area contributed by atoms with Crippen molar-refractivity contribution in [3.63, 3.8) is 0 Å². The van der Waals surface area contributed by atoms with E-state index in [1.165, 1.54) is 0 Å². The Hall–Kier alpha value is -5.86. The zero-order valence-corrected chi connectivity index (χ0v) is 23.7. The molecule has 0 saturated heterocycles. The minimum Gasteiger partial charge on any atom is -0.320 e. The van der Waals surface area contributed by atoms with Gasteiger partial charge in [0.25, 0.3) is 22.7 Å². The van der Waals surface area contributed by atoms with Crippen molar-refractivity contribution in [1.82, 2.24) is 0 Å². The summed E-state index contributed by atoms with van der Waals surface area (Å²) in [5, 5.41) is 45.2. The second kappa shape index (κ2) is 12.5. The van der Waals surface area contributed by atoms with Gasteiger partial charge >= 0.3 is 47.3 Å². The van der Waals surface area contributed by atoms with Crippen molar-refractivity contribution in [2.24, 2.45) is 0 Å². The number of alkyl halides is 12. The molecular weight excluding hydrogens is 736 g/mol. The molecular formula is C22H12F12N6O10. The number of amides is 2. The Kier molecular flexibility index (Phi) is 10.1. The molecule has 274 valence electrons. The molecule has 2 N–H and O–H groups in total. The molecule has 2 aromatic rings. The van der Waals surface area contributed by atoms with E-state index in [1.54, 1.807) is 0 Å². The van der Waals surface area contributed by atoms with Crippen LogP contribution in [0.3, 0.4) is 0 Å². The number of halogens is 12. The number of nitro benzene ring substituents is 4. The molecule has 28 heteroatoms. The standard InChI is InChI=1S/C22H12F12N6O10/c1-7-11(3-9(37(43)44)5-13(7)39(47)48)35-15(41)17(23,24)19(27,28)21(31,32)22(33,34)20(29,30)18(25,26)16(42)36-12-4-10(38(45)46)6-14(8(12)2)40(49)50/h3-6H,1-2H3,(H,35,41)(H,36,42). The van der Waals surface area contributed by atoms with Crippen LogP contribution in [0.1, 0.15) is 11.1 Å². The first-order valence-electron chi connectivity index (χ1n) is 12.1. The number of nitro groups is 4. The van der Waals surface area contributed by atoms with Crippen molar-refractivity contribution < 1.29 is 82.0 Å². The summed E-state index contributed by atoms with van der Waals surface area (Å²) in [5.74, 6) is -55.6. The minimum absolute atomic E-state index is 0.0494. The second-order valence-corrected chi connectivity index (χ2v) is 9.66. The number of non-ortho nitro benzene ring substituents is 2. The highest BCUT2D eigenvalue weighted by Gasteiger charge is 2.92. The summed E-state index contributed by atoms with van der Waals surface area (Å²) < 4.78 is 173. The number of rotatable bonds is 13. The molecule has 0 aliphatic carbocycles. The summed E-state index contributed by atoms with van der Waals surface area (Å²) in [4.78, 5) is 62.1. The lowest BCUT2D eigenvalue weighted by Gasteiger charge is -2.40. The Balaban J connectivity index is 2.60. The van der Waals surface area contributed by atoms with Gasteiger partial charge in [-0.25, -0.2) is 0 Å². The Labute approximate surface area is 264 Å². The first-order chi connectivity index (χ1) is 22.3. The predicted octanol–water partition coefficient (Wildman–Crippen LogP) is 6.33. The molecule has 0 aliphatic heterocycles. The Morgan fingerprint density at radius 3 is 0.980 bits per heavy atom. The van der Waals surface area contributed by atoms with Gasteiger partial charge in [0.05, 0.1) is 54.3 Å². The van der Waals surface area contributed by atoms with Crippen molar-refractivity contribution in [2.45, 2.75) is 49.4 Å². The van der Waals surface area contributed by atoms with Gasteiger partial charge in [0, 0.05) is 12.1 Å². The molecule has 2 amide bonds. The van der Waals surface area contributed by atoms with Crippen LogP contribution >= 0.6 is 0 Å². The maximum absolute atomic E-state index is 14.5. The third-order valence-corrected chi connectivity index (χ3v) is 6.58. The summed E-state index contributed by atoms with van der Waals surface area (Å²) in [7, 11) is 0. The fraction of sp³-hybridized carbons (Fsp3) is 0.364. The monoisotopic (exact) mass is 748 g/mol. The lowest BCUT2D eigenvalue weighted by atomic mass is 9.90. The molecule has 0 fully saturated rings. The van der Waals surface area contributed by atoms with Crippen molar-refractivity contribution >= 4 is 45.9 Å². The summed E-state index contributed by atoms with van der Waals surface area (Å²) in [6.45, 7) is 1.02. The molecule has 2 aromatic carbocycles. The summed E-state index contributed by atoms with van der Waals surface area (Å²) >= 11 is 0. The Morgan fingerprint density at radius 1 is 0.500 bits per heavy atom. The van der Waals surface area contributed by atoms with E-state index in [0.29, 0.717) is 24.5 Å². The van der Waals surface area contributed by atoms with E-state index in [0.717, 1.165) is 0 Å². The van der Waals surface area contributed by atoms with E-state index in [-0.39, 0.29) is 24.3 Å². The molecule has 0 saturated carbocycles. The highest BCUT2D eigenvalue weighted by molar-refractivity contribution is 5.99. The zero-order chi connectivity index (χ0) is 39.3. The van der Waals surface area contributed by atoms with Gasteiger partial charge in [-0.2, -0.15) is 52.7 Å². The number of benzene rings is 2. The molecule has 0 aliphatic rings. The number of carbonyl (C=O) groups is 2. The van der Waals surface area contributed by atoms with Gasteiger partial charge in [-0.3, -0.25) is 50.0 Å². The van der Waals surface area contributed by atoms with Crippen molar-refractivity contribution in [2.75, 3.05) is 10.6 Å². The molecule has 0 unspecified atom stereocenters. The first kappa shape index (κ1) is 40.3. The van der Waals surface area contributed by atoms with Crippen LogP contribution in [-0.4, -0.2) is 67.0 Å². The fourth-order valence-electron chi connectivity index (χ4n) is 3.69. The molecule has 0 aromatic heterocycles. The van der Waals surface area contributed by atoms with E-state index in [9.17, 15) is 103 Å². The normalized spacial score (nSPS) is 13.0. The van der Waals surface area contributed by atoms with Crippen LogP contribution in [0.2, 0.25) is 0 Å². The Morgan fingerprint density at radius 2 is 0.760 bits per heavy atom. The topological polar surface area (TPSA) is 231 Å². The van der Waals surface area contributed by atoms with E-state index in [2.05, 4.69) is 0 Å². The average molecular weight is 748 g/mol. The first-order valence-corrected chi connectivity index (χ1v) is 12.1. The molecule has 0 spiro atoms. The van der Waals surface area contributed by atoms with Crippen LogP contribution in [0.25, 0.3) is 0 Å². The van der Waals surface area contributed by atoms with Crippen LogP contribution < -0.4 is 10.6 Å². The number of anilines is 2. The highest BCUT2D eigenvalue weighted by Crippen LogP contribution is 2.60. The quantitative estimate of drug-likeness (QED) is 0.131. The third-order valence-electron chi connectivity index (χ3n) is 6.58.